The van der Waals surface area contributed by atoms with Gasteiger partial charge in [-0.2, -0.15) is 0 Å². The molecule has 3 aliphatic rings. The third-order valence-electron chi connectivity index (χ3n) is 4.35. The van der Waals surface area contributed by atoms with Crippen molar-refractivity contribution in [2.24, 2.45) is 5.92 Å². The molecular weight excluding hydrogens is 184 g/mol. The smallest absolute Gasteiger partial charge is 0.0123 e. The summed E-state index contributed by atoms with van der Waals surface area (Å²) >= 11 is 0. The fourth-order valence-corrected chi connectivity index (χ4v) is 3.42. The van der Waals surface area contributed by atoms with E-state index in [1.807, 2.05) is 0 Å². The fraction of sp³-hybridized carbons (Fsp3) is 0.846. The van der Waals surface area contributed by atoms with Crippen LogP contribution in [0.3, 0.4) is 0 Å². The number of rotatable bonds is 2. The van der Waals surface area contributed by atoms with Crippen LogP contribution in [0.15, 0.2) is 12.2 Å². The van der Waals surface area contributed by atoms with E-state index in [1.54, 1.807) is 0 Å². The van der Waals surface area contributed by atoms with Crippen LogP contribution in [0.5, 0.6) is 0 Å². The van der Waals surface area contributed by atoms with E-state index in [0.717, 1.165) is 18.0 Å². The highest BCUT2D eigenvalue weighted by Crippen LogP contribution is 2.28. The number of hydrogen-bond donors (Lipinski definition) is 1. The maximum atomic E-state index is 3.91. The number of fused-ring (bicyclic) bond motifs is 2. The van der Waals surface area contributed by atoms with E-state index in [4.69, 9.17) is 0 Å². The second-order valence-corrected chi connectivity index (χ2v) is 5.39. The molecule has 0 spiro atoms. The van der Waals surface area contributed by atoms with Gasteiger partial charge in [-0.15, -0.1) is 0 Å². The molecule has 1 N–H and O–H groups in total. The summed E-state index contributed by atoms with van der Waals surface area (Å²) in [7, 11) is 0. The molecule has 4 atom stereocenters. The Hall–Kier alpha value is -0.340. The quantitative estimate of drug-likeness (QED) is 0.693. The van der Waals surface area contributed by atoms with Crippen LogP contribution in [0, 0.1) is 5.92 Å². The third kappa shape index (κ3) is 2.11. The third-order valence-corrected chi connectivity index (χ3v) is 4.35. The fourth-order valence-electron chi connectivity index (χ4n) is 3.42. The molecule has 1 aliphatic carbocycles. The molecule has 0 radical (unpaired) electrons. The number of allylic oxidation sites excluding steroid dienone is 1. The number of nitrogens with zero attached hydrogens (tertiary/aromatic N) is 1. The molecule has 0 saturated carbocycles. The van der Waals surface area contributed by atoms with Crippen LogP contribution < -0.4 is 5.32 Å². The van der Waals surface area contributed by atoms with E-state index in [0.29, 0.717) is 0 Å². The van der Waals surface area contributed by atoms with Crippen molar-refractivity contribution < 1.29 is 0 Å². The molecule has 0 aromatic rings. The molecule has 84 valence electrons. The van der Waals surface area contributed by atoms with E-state index in [9.17, 15) is 0 Å². The summed E-state index contributed by atoms with van der Waals surface area (Å²) in [6.45, 7) is 4.05. The van der Waals surface area contributed by atoms with Crippen LogP contribution >= 0.6 is 0 Å². The molecule has 2 fully saturated rings. The van der Waals surface area contributed by atoms with Gasteiger partial charge in [-0.05, 0) is 51.1 Å². The summed E-state index contributed by atoms with van der Waals surface area (Å²) in [5, 5.41) is 3.91. The lowest BCUT2D eigenvalue weighted by Gasteiger charge is -2.34. The Bertz CT molecular complexity index is 249. The molecule has 15 heavy (non-hydrogen) atoms. The largest absolute Gasteiger partial charge is 0.311 e. The highest BCUT2D eigenvalue weighted by molar-refractivity contribution is 4.97. The van der Waals surface area contributed by atoms with Crippen molar-refractivity contribution in [3.8, 4) is 0 Å². The van der Waals surface area contributed by atoms with E-state index in [1.165, 1.54) is 51.7 Å². The zero-order valence-corrected chi connectivity index (χ0v) is 9.49. The minimum absolute atomic E-state index is 0.771. The van der Waals surface area contributed by atoms with Crippen LogP contribution in [0.4, 0.5) is 0 Å². The van der Waals surface area contributed by atoms with E-state index < -0.39 is 0 Å². The standard InChI is InChI=1S/C13H22N2/c1-2-4-12(5-3-1)14-13-7-9-15-8-6-11(13)10-15/h1-2,11-14H,3-10H2. The van der Waals surface area contributed by atoms with Crippen molar-refractivity contribution in [3.63, 3.8) is 0 Å². The summed E-state index contributed by atoms with van der Waals surface area (Å²) in [5.41, 5.74) is 0. The first kappa shape index (κ1) is 9.86. The number of hydrogen-bond acceptors (Lipinski definition) is 2. The first-order valence-corrected chi connectivity index (χ1v) is 6.55. The molecule has 2 heteroatoms. The summed E-state index contributed by atoms with van der Waals surface area (Å²) in [4.78, 5) is 2.63. The Morgan fingerprint density at radius 1 is 1.07 bits per heavy atom. The van der Waals surface area contributed by atoms with Crippen LogP contribution in [-0.4, -0.2) is 36.6 Å². The molecule has 4 unspecified atom stereocenters. The average molecular weight is 206 g/mol. The van der Waals surface area contributed by atoms with Crippen molar-refractivity contribution in [1.82, 2.24) is 10.2 Å². The van der Waals surface area contributed by atoms with Gasteiger partial charge in [0.15, 0.2) is 0 Å². The Morgan fingerprint density at radius 2 is 2.00 bits per heavy atom. The van der Waals surface area contributed by atoms with Gasteiger partial charge in [0.1, 0.15) is 0 Å². The Balaban J connectivity index is 1.56. The molecule has 0 aromatic heterocycles. The molecule has 3 rings (SSSR count). The second-order valence-electron chi connectivity index (χ2n) is 5.39. The zero-order valence-electron chi connectivity index (χ0n) is 9.49. The maximum absolute atomic E-state index is 3.91. The zero-order chi connectivity index (χ0) is 10.1. The van der Waals surface area contributed by atoms with Gasteiger partial charge >= 0.3 is 0 Å². The van der Waals surface area contributed by atoms with Crippen LogP contribution in [0.25, 0.3) is 0 Å². The normalized spacial score (nSPS) is 44.5. The maximum Gasteiger partial charge on any atom is 0.0123 e. The van der Waals surface area contributed by atoms with Gasteiger partial charge in [-0.3, -0.25) is 0 Å². The highest BCUT2D eigenvalue weighted by atomic mass is 15.2. The minimum atomic E-state index is 0.771. The van der Waals surface area contributed by atoms with Crippen molar-refractivity contribution in [2.75, 3.05) is 19.6 Å². The van der Waals surface area contributed by atoms with E-state index >= 15 is 0 Å². The average Bonchev–Trinajstić information content (AvgIpc) is 2.67. The van der Waals surface area contributed by atoms with Gasteiger partial charge in [0.25, 0.3) is 0 Å². The van der Waals surface area contributed by atoms with Gasteiger partial charge in [-0.25, -0.2) is 0 Å². The van der Waals surface area contributed by atoms with Crippen LogP contribution in [0.1, 0.15) is 32.1 Å². The molecule has 2 aliphatic heterocycles. The summed E-state index contributed by atoms with van der Waals surface area (Å²) in [5.74, 6) is 0.949. The van der Waals surface area contributed by atoms with Gasteiger partial charge in [0.05, 0.1) is 0 Å². The van der Waals surface area contributed by atoms with Crippen molar-refractivity contribution in [2.45, 2.75) is 44.2 Å². The van der Waals surface area contributed by atoms with Gasteiger partial charge < -0.3 is 10.2 Å². The van der Waals surface area contributed by atoms with Crippen LogP contribution in [-0.2, 0) is 0 Å². The summed E-state index contributed by atoms with van der Waals surface area (Å²) in [6, 6.07) is 1.59. The van der Waals surface area contributed by atoms with Gasteiger partial charge in [-0.1, -0.05) is 12.2 Å². The lowest BCUT2D eigenvalue weighted by atomic mass is 9.91. The predicted molar refractivity (Wildman–Crippen MR) is 62.9 cm³/mol. The summed E-state index contributed by atoms with van der Waals surface area (Å²) < 4.78 is 0. The predicted octanol–water partition coefficient (Wildman–Crippen LogP) is 1.78. The van der Waals surface area contributed by atoms with Crippen LogP contribution in [0.2, 0.25) is 0 Å². The van der Waals surface area contributed by atoms with E-state index in [-0.39, 0.29) is 0 Å². The van der Waals surface area contributed by atoms with Gasteiger partial charge in [0.2, 0.25) is 0 Å². The Kier molecular flexibility index (Phi) is 2.80. The van der Waals surface area contributed by atoms with Gasteiger partial charge in [0, 0.05) is 18.6 Å². The topological polar surface area (TPSA) is 15.3 Å². The summed E-state index contributed by atoms with van der Waals surface area (Å²) in [6.07, 6.45) is 11.4. The highest BCUT2D eigenvalue weighted by Gasteiger charge is 2.34. The molecule has 2 saturated heterocycles. The molecular formula is C13H22N2. The Morgan fingerprint density at radius 3 is 2.87 bits per heavy atom. The molecule has 0 aromatic carbocycles. The monoisotopic (exact) mass is 206 g/mol. The van der Waals surface area contributed by atoms with Crippen molar-refractivity contribution in [3.05, 3.63) is 12.2 Å². The Labute approximate surface area is 92.7 Å². The molecule has 2 nitrogen and oxygen atoms in total. The van der Waals surface area contributed by atoms with Crippen molar-refractivity contribution >= 4 is 0 Å². The lowest BCUT2D eigenvalue weighted by Crippen LogP contribution is -2.48. The molecule has 0 amide bonds. The minimum Gasteiger partial charge on any atom is -0.311 e. The van der Waals surface area contributed by atoms with E-state index in [2.05, 4.69) is 22.4 Å². The SMILES string of the molecule is C1=CCC(NC2CCN3CCC2C3)CC1. The first-order valence-electron chi connectivity index (χ1n) is 6.55. The second kappa shape index (κ2) is 4.26. The van der Waals surface area contributed by atoms with Crippen molar-refractivity contribution in [1.29, 1.82) is 0 Å². The first-order chi connectivity index (χ1) is 7.42. The number of piperidine rings is 1. The molecule has 2 bridgehead atoms. The number of nitrogens with one attached hydrogen (secondary N) is 1. The molecule has 2 heterocycles. The lowest BCUT2D eigenvalue weighted by molar-refractivity contribution is 0.207.